The Balaban J connectivity index is 1.71. The lowest BCUT2D eigenvalue weighted by molar-refractivity contribution is -0.121. The topological polar surface area (TPSA) is 95.2 Å². The van der Waals surface area contributed by atoms with E-state index in [4.69, 9.17) is 0 Å². The molecule has 0 bridgehead atoms. The highest BCUT2D eigenvalue weighted by Gasteiger charge is 2.28. The molecule has 1 unspecified atom stereocenters. The summed E-state index contributed by atoms with van der Waals surface area (Å²) in [6.07, 6.45) is 9.32. The number of amides is 1. The molecule has 1 atom stereocenters. The molecule has 8 heteroatoms. The van der Waals surface area contributed by atoms with Crippen molar-refractivity contribution in [1.29, 1.82) is 0 Å². The number of sulfonamides is 1. The van der Waals surface area contributed by atoms with Crippen LogP contribution in [-0.4, -0.2) is 54.2 Å². The molecular formula is C14H24N4O3S. The Morgan fingerprint density at radius 2 is 2.32 bits per heavy atom. The molecule has 124 valence electrons. The molecule has 0 aromatic carbocycles. The summed E-state index contributed by atoms with van der Waals surface area (Å²) >= 11 is 0. The maximum absolute atomic E-state index is 11.8. The van der Waals surface area contributed by atoms with E-state index in [1.807, 2.05) is 0 Å². The Hall–Kier alpha value is -1.41. The fourth-order valence-electron chi connectivity index (χ4n) is 2.84. The summed E-state index contributed by atoms with van der Waals surface area (Å²) in [5.41, 5.74) is 1.01. The van der Waals surface area contributed by atoms with E-state index in [9.17, 15) is 13.2 Å². The van der Waals surface area contributed by atoms with Crippen molar-refractivity contribution in [1.82, 2.24) is 19.8 Å². The van der Waals surface area contributed by atoms with E-state index < -0.39 is 10.0 Å². The SMILES string of the molecule is CS(=O)(=O)N1CCCCC1CCNC(=O)CCc1cn[nH]c1. The summed E-state index contributed by atoms with van der Waals surface area (Å²) in [6.45, 7) is 1.11. The van der Waals surface area contributed by atoms with Crippen LogP contribution in [0.15, 0.2) is 12.4 Å². The summed E-state index contributed by atoms with van der Waals surface area (Å²) in [5.74, 6) is -0.0112. The van der Waals surface area contributed by atoms with Gasteiger partial charge in [0.15, 0.2) is 0 Å². The molecule has 2 N–H and O–H groups in total. The highest BCUT2D eigenvalue weighted by Crippen LogP contribution is 2.21. The van der Waals surface area contributed by atoms with Crippen molar-refractivity contribution >= 4 is 15.9 Å². The van der Waals surface area contributed by atoms with Crippen molar-refractivity contribution in [3.8, 4) is 0 Å². The minimum absolute atomic E-state index is 0.0112. The number of piperidine rings is 1. The van der Waals surface area contributed by atoms with Gasteiger partial charge in [0, 0.05) is 31.7 Å². The van der Waals surface area contributed by atoms with Gasteiger partial charge in [0.25, 0.3) is 0 Å². The molecule has 1 amide bonds. The van der Waals surface area contributed by atoms with Crippen LogP contribution in [0.2, 0.25) is 0 Å². The quantitative estimate of drug-likeness (QED) is 0.769. The van der Waals surface area contributed by atoms with E-state index in [-0.39, 0.29) is 11.9 Å². The molecule has 1 saturated heterocycles. The molecule has 1 aliphatic heterocycles. The van der Waals surface area contributed by atoms with E-state index >= 15 is 0 Å². The fraction of sp³-hybridized carbons (Fsp3) is 0.714. The Labute approximate surface area is 131 Å². The van der Waals surface area contributed by atoms with E-state index in [1.54, 1.807) is 16.7 Å². The zero-order valence-electron chi connectivity index (χ0n) is 12.9. The highest BCUT2D eigenvalue weighted by molar-refractivity contribution is 7.88. The molecule has 0 aliphatic carbocycles. The van der Waals surface area contributed by atoms with Crippen LogP contribution < -0.4 is 5.32 Å². The van der Waals surface area contributed by atoms with Gasteiger partial charge in [-0.1, -0.05) is 6.42 Å². The third kappa shape index (κ3) is 5.10. The van der Waals surface area contributed by atoms with E-state index in [1.165, 1.54) is 6.26 Å². The lowest BCUT2D eigenvalue weighted by Crippen LogP contribution is -2.44. The van der Waals surface area contributed by atoms with E-state index in [0.29, 0.717) is 32.4 Å². The standard InChI is InChI=1S/C14H24N4O3S/c1-22(20,21)18-9-3-2-4-13(18)7-8-15-14(19)6-5-12-10-16-17-11-12/h10-11,13H,2-9H2,1H3,(H,15,19)(H,16,17). The first-order valence-electron chi connectivity index (χ1n) is 7.68. The third-order valence-electron chi connectivity index (χ3n) is 3.99. The molecule has 7 nitrogen and oxygen atoms in total. The Kier molecular flexibility index (Phi) is 5.96. The number of carbonyl (C=O) groups is 1. The molecule has 1 aromatic heterocycles. The van der Waals surface area contributed by atoms with Crippen LogP contribution in [0.5, 0.6) is 0 Å². The van der Waals surface area contributed by atoms with Crippen molar-refractivity contribution in [2.75, 3.05) is 19.3 Å². The zero-order chi connectivity index (χ0) is 16.0. The van der Waals surface area contributed by atoms with Crippen LogP contribution in [-0.2, 0) is 21.2 Å². The first kappa shape index (κ1) is 17.0. The fourth-order valence-corrected chi connectivity index (χ4v) is 4.05. The van der Waals surface area contributed by atoms with E-state index in [0.717, 1.165) is 24.8 Å². The molecule has 0 spiro atoms. The molecule has 1 aliphatic rings. The second-order valence-corrected chi connectivity index (χ2v) is 7.70. The molecule has 0 radical (unpaired) electrons. The number of rotatable bonds is 7. The average molecular weight is 328 g/mol. The largest absolute Gasteiger partial charge is 0.356 e. The maximum Gasteiger partial charge on any atom is 0.220 e. The Morgan fingerprint density at radius 1 is 1.50 bits per heavy atom. The van der Waals surface area contributed by atoms with Crippen LogP contribution in [0.3, 0.4) is 0 Å². The van der Waals surface area contributed by atoms with Crippen molar-refractivity contribution in [2.24, 2.45) is 0 Å². The predicted molar refractivity (Wildman–Crippen MR) is 83.7 cm³/mol. The number of nitrogens with zero attached hydrogens (tertiary/aromatic N) is 2. The van der Waals surface area contributed by atoms with Gasteiger partial charge in [-0.2, -0.15) is 9.40 Å². The highest BCUT2D eigenvalue weighted by atomic mass is 32.2. The van der Waals surface area contributed by atoms with Crippen LogP contribution in [0.25, 0.3) is 0 Å². The first-order chi connectivity index (χ1) is 10.5. The van der Waals surface area contributed by atoms with Crippen LogP contribution in [0.4, 0.5) is 0 Å². The van der Waals surface area contributed by atoms with Crippen molar-refractivity contribution in [3.63, 3.8) is 0 Å². The van der Waals surface area contributed by atoms with Gasteiger partial charge in [-0.05, 0) is 31.2 Å². The van der Waals surface area contributed by atoms with Crippen molar-refractivity contribution in [3.05, 3.63) is 18.0 Å². The number of aromatic amines is 1. The summed E-state index contributed by atoms with van der Waals surface area (Å²) in [5, 5.41) is 9.42. The van der Waals surface area contributed by atoms with Crippen LogP contribution in [0, 0.1) is 0 Å². The second kappa shape index (κ2) is 7.73. The van der Waals surface area contributed by atoms with Gasteiger partial charge in [0.2, 0.25) is 15.9 Å². The molecule has 22 heavy (non-hydrogen) atoms. The summed E-state index contributed by atoms with van der Waals surface area (Å²) < 4.78 is 25.1. The number of hydrogen-bond donors (Lipinski definition) is 2. The van der Waals surface area contributed by atoms with Crippen molar-refractivity contribution < 1.29 is 13.2 Å². The Morgan fingerprint density at radius 3 is 3.00 bits per heavy atom. The minimum atomic E-state index is -3.16. The molecular weight excluding hydrogens is 304 g/mol. The van der Waals surface area contributed by atoms with Crippen molar-refractivity contribution in [2.45, 2.75) is 44.6 Å². The molecule has 1 fully saturated rings. The average Bonchev–Trinajstić information content (AvgIpc) is 2.98. The number of nitrogens with one attached hydrogen (secondary N) is 2. The van der Waals surface area contributed by atoms with Gasteiger partial charge in [-0.25, -0.2) is 8.42 Å². The molecule has 0 saturated carbocycles. The number of aromatic nitrogens is 2. The molecule has 1 aromatic rings. The lowest BCUT2D eigenvalue weighted by atomic mass is 10.0. The molecule has 2 heterocycles. The molecule has 2 rings (SSSR count). The lowest BCUT2D eigenvalue weighted by Gasteiger charge is -2.33. The normalized spacial score (nSPS) is 20.0. The maximum atomic E-state index is 11.8. The van der Waals surface area contributed by atoms with E-state index in [2.05, 4.69) is 15.5 Å². The smallest absolute Gasteiger partial charge is 0.220 e. The minimum Gasteiger partial charge on any atom is -0.356 e. The van der Waals surface area contributed by atoms with Gasteiger partial charge in [-0.15, -0.1) is 0 Å². The van der Waals surface area contributed by atoms with Gasteiger partial charge in [-0.3, -0.25) is 9.89 Å². The first-order valence-corrected chi connectivity index (χ1v) is 9.53. The van der Waals surface area contributed by atoms with Gasteiger partial charge >= 0.3 is 0 Å². The van der Waals surface area contributed by atoms with Crippen LogP contribution >= 0.6 is 0 Å². The zero-order valence-corrected chi connectivity index (χ0v) is 13.7. The van der Waals surface area contributed by atoms with Gasteiger partial charge in [0.05, 0.1) is 12.5 Å². The Bertz CT molecular complexity index is 571. The van der Waals surface area contributed by atoms with Gasteiger partial charge in [0.1, 0.15) is 0 Å². The third-order valence-corrected chi connectivity index (χ3v) is 5.33. The number of aryl methyl sites for hydroxylation is 1. The number of H-pyrrole nitrogens is 1. The summed E-state index contributed by atoms with van der Waals surface area (Å²) in [4.78, 5) is 11.8. The number of hydrogen-bond acceptors (Lipinski definition) is 4. The summed E-state index contributed by atoms with van der Waals surface area (Å²) in [6, 6.07) is 0.0120. The number of carbonyl (C=O) groups excluding carboxylic acids is 1. The predicted octanol–water partition coefficient (Wildman–Crippen LogP) is 0.663. The monoisotopic (exact) mass is 328 g/mol. The second-order valence-electron chi connectivity index (χ2n) is 5.77. The summed E-state index contributed by atoms with van der Waals surface area (Å²) in [7, 11) is -3.16. The van der Waals surface area contributed by atoms with Crippen LogP contribution in [0.1, 0.15) is 37.7 Å². The van der Waals surface area contributed by atoms with Gasteiger partial charge < -0.3 is 5.32 Å².